The summed E-state index contributed by atoms with van der Waals surface area (Å²) in [5, 5.41) is 0. The van der Waals surface area contributed by atoms with E-state index in [1.807, 2.05) is 34.9 Å². The van der Waals surface area contributed by atoms with E-state index in [2.05, 4.69) is 11.9 Å². The van der Waals surface area contributed by atoms with Crippen LogP contribution in [-0.2, 0) is 11.2 Å². The fraction of sp³-hybridized carbons (Fsp3) is 0.333. The molecule has 0 radical (unpaired) electrons. The Kier molecular flexibility index (Phi) is 6.25. The van der Waals surface area contributed by atoms with Gasteiger partial charge in [-0.15, -0.1) is 12.4 Å². The number of ether oxygens (including phenoxy) is 1. The van der Waals surface area contributed by atoms with E-state index in [0.717, 1.165) is 24.4 Å². The molecule has 0 bridgehead atoms. The van der Waals surface area contributed by atoms with E-state index in [9.17, 15) is 4.79 Å². The predicted octanol–water partition coefficient (Wildman–Crippen LogP) is 3.42. The van der Waals surface area contributed by atoms with Crippen LogP contribution >= 0.6 is 12.4 Å². The van der Waals surface area contributed by atoms with Crippen LogP contribution in [0, 0.1) is 0 Å². The molecule has 0 unspecified atom stereocenters. The molecule has 0 fully saturated rings. The Bertz CT molecular complexity index is 552. The summed E-state index contributed by atoms with van der Waals surface area (Å²) in [5.74, 6) is 0.554. The molecule has 5 heteroatoms. The fourth-order valence-corrected chi connectivity index (χ4v) is 2.00. The van der Waals surface area contributed by atoms with Gasteiger partial charge in [-0.2, -0.15) is 0 Å². The number of imidazole rings is 1. The summed E-state index contributed by atoms with van der Waals surface area (Å²) in [4.78, 5) is 16.3. The second-order valence-corrected chi connectivity index (χ2v) is 4.20. The Morgan fingerprint density at radius 1 is 1.25 bits per heavy atom. The lowest BCUT2D eigenvalue weighted by atomic mass is 10.2. The van der Waals surface area contributed by atoms with E-state index in [0.29, 0.717) is 12.3 Å². The first-order valence-electron chi connectivity index (χ1n) is 6.57. The third-order valence-corrected chi connectivity index (χ3v) is 2.81. The summed E-state index contributed by atoms with van der Waals surface area (Å²) >= 11 is 0. The highest BCUT2D eigenvalue weighted by Gasteiger charge is 2.18. The van der Waals surface area contributed by atoms with E-state index in [4.69, 9.17) is 4.74 Å². The van der Waals surface area contributed by atoms with Gasteiger partial charge in [-0.3, -0.25) is 4.57 Å². The zero-order valence-electron chi connectivity index (χ0n) is 11.7. The van der Waals surface area contributed by atoms with Crippen molar-refractivity contribution in [3.8, 4) is 5.69 Å². The molecule has 0 saturated heterocycles. The maximum absolute atomic E-state index is 12.0. The monoisotopic (exact) mass is 294 g/mol. The van der Waals surface area contributed by atoms with Gasteiger partial charge >= 0.3 is 5.97 Å². The fourth-order valence-electron chi connectivity index (χ4n) is 2.00. The van der Waals surface area contributed by atoms with E-state index in [-0.39, 0.29) is 18.4 Å². The largest absolute Gasteiger partial charge is 0.461 e. The van der Waals surface area contributed by atoms with Crippen LogP contribution in [0.2, 0.25) is 0 Å². The predicted molar refractivity (Wildman–Crippen MR) is 80.8 cm³/mol. The molecule has 0 N–H and O–H groups in total. The molecule has 0 atom stereocenters. The van der Waals surface area contributed by atoms with Gasteiger partial charge in [0.05, 0.1) is 12.8 Å². The van der Waals surface area contributed by atoms with Crippen molar-refractivity contribution in [2.45, 2.75) is 26.7 Å². The van der Waals surface area contributed by atoms with Crippen LogP contribution in [0.5, 0.6) is 0 Å². The number of rotatable bonds is 5. The van der Waals surface area contributed by atoms with Gasteiger partial charge in [-0.25, -0.2) is 9.78 Å². The van der Waals surface area contributed by atoms with Gasteiger partial charge in [0.1, 0.15) is 5.82 Å². The number of hydrogen-bond donors (Lipinski definition) is 0. The van der Waals surface area contributed by atoms with Crippen LogP contribution < -0.4 is 0 Å². The summed E-state index contributed by atoms with van der Waals surface area (Å²) in [7, 11) is 0. The Labute approximate surface area is 125 Å². The zero-order valence-corrected chi connectivity index (χ0v) is 12.5. The minimum absolute atomic E-state index is 0. The normalized spacial score (nSPS) is 9.90. The third-order valence-electron chi connectivity index (χ3n) is 2.81. The summed E-state index contributed by atoms with van der Waals surface area (Å²) in [5.41, 5.74) is 1.42. The minimum atomic E-state index is -0.332. The van der Waals surface area contributed by atoms with E-state index < -0.39 is 0 Å². The van der Waals surface area contributed by atoms with Gasteiger partial charge in [0.15, 0.2) is 5.69 Å². The molecule has 0 amide bonds. The average molecular weight is 295 g/mol. The second kappa shape index (κ2) is 7.70. The molecule has 108 valence electrons. The third kappa shape index (κ3) is 3.39. The molecule has 0 spiro atoms. The number of carbonyl (C=O) groups excluding carboxylic acids is 1. The van der Waals surface area contributed by atoms with Crippen LogP contribution in [0.25, 0.3) is 5.69 Å². The van der Waals surface area contributed by atoms with Crippen LogP contribution in [0.1, 0.15) is 36.6 Å². The van der Waals surface area contributed by atoms with Crippen LogP contribution in [0.3, 0.4) is 0 Å². The van der Waals surface area contributed by atoms with Crippen molar-refractivity contribution in [2.75, 3.05) is 6.61 Å². The number of nitrogens with zero attached hydrogens (tertiary/aromatic N) is 2. The van der Waals surface area contributed by atoms with Crippen molar-refractivity contribution in [1.82, 2.24) is 9.55 Å². The SMILES string of the molecule is CCCc1ncc(C(=O)OCC)n1-c1ccccc1.Cl. The van der Waals surface area contributed by atoms with E-state index in [1.54, 1.807) is 13.1 Å². The van der Waals surface area contributed by atoms with Crippen molar-refractivity contribution >= 4 is 18.4 Å². The lowest BCUT2D eigenvalue weighted by molar-refractivity contribution is 0.0516. The van der Waals surface area contributed by atoms with Gasteiger partial charge in [-0.1, -0.05) is 25.1 Å². The molecule has 0 saturated carbocycles. The molecule has 1 aromatic heterocycles. The Balaban J connectivity index is 0.00000200. The molecule has 4 nitrogen and oxygen atoms in total. The molecule has 1 heterocycles. The molecule has 2 aromatic rings. The Morgan fingerprint density at radius 2 is 1.95 bits per heavy atom. The number of carbonyl (C=O) groups is 1. The Morgan fingerprint density at radius 3 is 2.55 bits per heavy atom. The molecule has 0 aliphatic heterocycles. The van der Waals surface area contributed by atoms with Gasteiger partial charge in [0.2, 0.25) is 0 Å². The molecule has 20 heavy (non-hydrogen) atoms. The van der Waals surface area contributed by atoms with Crippen molar-refractivity contribution in [3.63, 3.8) is 0 Å². The van der Waals surface area contributed by atoms with E-state index >= 15 is 0 Å². The first kappa shape index (κ1) is 16.2. The number of benzene rings is 1. The number of aryl methyl sites for hydroxylation is 1. The highest BCUT2D eigenvalue weighted by molar-refractivity contribution is 5.88. The molecule has 0 aliphatic rings. The quantitative estimate of drug-likeness (QED) is 0.794. The van der Waals surface area contributed by atoms with Crippen LogP contribution in [-0.4, -0.2) is 22.1 Å². The van der Waals surface area contributed by atoms with Gasteiger partial charge < -0.3 is 4.74 Å². The maximum atomic E-state index is 12.0. The highest BCUT2D eigenvalue weighted by atomic mass is 35.5. The first-order valence-corrected chi connectivity index (χ1v) is 6.57. The standard InChI is InChI=1S/C15H18N2O2.ClH/c1-3-8-14-16-11-13(15(18)19-4-2)17(14)12-9-6-5-7-10-12;/h5-7,9-11H,3-4,8H2,1-2H3;1H. The lowest BCUT2D eigenvalue weighted by Gasteiger charge is -2.11. The highest BCUT2D eigenvalue weighted by Crippen LogP contribution is 2.17. The summed E-state index contributed by atoms with van der Waals surface area (Å²) in [6, 6.07) is 9.76. The van der Waals surface area contributed by atoms with Gasteiger partial charge in [0, 0.05) is 12.1 Å². The van der Waals surface area contributed by atoms with Crippen molar-refractivity contribution < 1.29 is 9.53 Å². The summed E-state index contributed by atoms with van der Waals surface area (Å²) in [6.07, 6.45) is 3.40. The number of aromatic nitrogens is 2. The topological polar surface area (TPSA) is 44.1 Å². The molecule has 2 rings (SSSR count). The van der Waals surface area contributed by atoms with Crippen LogP contribution in [0.15, 0.2) is 36.5 Å². The number of para-hydroxylation sites is 1. The van der Waals surface area contributed by atoms with Gasteiger partial charge in [0.25, 0.3) is 0 Å². The van der Waals surface area contributed by atoms with Crippen LogP contribution in [0.4, 0.5) is 0 Å². The lowest BCUT2D eigenvalue weighted by Crippen LogP contribution is -2.12. The second-order valence-electron chi connectivity index (χ2n) is 4.20. The Hall–Kier alpha value is -1.81. The van der Waals surface area contributed by atoms with Crippen molar-refractivity contribution in [3.05, 3.63) is 48.0 Å². The summed E-state index contributed by atoms with van der Waals surface area (Å²) in [6.45, 7) is 4.25. The van der Waals surface area contributed by atoms with Crippen molar-refractivity contribution in [1.29, 1.82) is 0 Å². The molecule has 1 aromatic carbocycles. The number of esters is 1. The molecular weight excluding hydrogens is 276 g/mol. The maximum Gasteiger partial charge on any atom is 0.356 e. The minimum Gasteiger partial charge on any atom is -0.461 e. The molecular formula is C15H19ClN2O2. The number of hydrogen-bond acceptors (Lipinski definition) is 3. The van der Waals surface area contributed by atoms with E-state index in [1.165, 1.54) is 0 Å². The smallest absolute Gasteiger partial charge is 0.356 e. The van der Waals surface area contributed by atoms with Gasteiger partial charge in [-0.05, 0) is 25.5 Å². The average Bonchev–Trinajstić information content (AvgIpc) is 2.84. The zero-order chi connectivity index (χ0) is 13.7. The number of halogens is 1. The van der Waals surface area contributed by atoms with Crippen molar-refractivity contribution in [2.24, 2.45) is 0 Å². The first-order chi connectivity index (χ1) is 9.27. The summed E-state index contributed by atoms with van der Waals surface area (Å²) < 4.78 is 6.96. The molecule has 0 aliphatic carbocycles.